The molecule has 0 aromatic heterocycles. The van der Waals surface area contributed by atoms with Crippen molar-refractivity contribution in [1.29, 1.82) is 0 Å². The molecule has 1 atom stereocenters. The Hall–Kier alpha value is -1.06. The number of benzene rings is 1. The van der Waals surface area contributed by atoms with E-state index in [0.29, 0.717) is 0 Å². The average Bonchev–Trinajstić information content (AvgIpc) is 2.39. The zero-order chi connectivity index (χ0) is 14.3. The van der Waals surface area contributed by atoms with Crippen LogP contribution in [0.2, 0.25) is 0 Å². The van der Waals surface area contributed by atoms with E-state index in [1.807, 2.05) is 6.92 Å². The molecule has 0 aliphatic carbocycles. The third kappa shape index (κ3) is 5.62. The number of nitrogens with two attached hydrogens (primary N) is 1. The summed E-state index contributed by atoms with van der Waals surface area (Å²) < 4.78 is 0. The van der Waals surface area contributed by atoms with Crippen LogP contribution >= 0.6 is 0 Å². The van der Waals surface area contributed by atoms with Crippen LogP contribution in [0.15, 0.2) is 24.3 Å². The maximum atomic E-state index is 9.12. The lowest BCUT2D eigenvalue weighted by Gasteiger charge is -2.25. The fourth-order valence-corrected chi connectivity index (χ4v) is 2.21. The van der Waals surface area contributed by atoms with Gasteiger partial charge < -0.3 is 15.7 Å². The molecule has 1 aromatic carbocycles. The summed E-state index contributed by atoms with van der Waals surface area (Å²) >= 11 is 0. The lowest BCUT2D eigenvalue weighted by molar-refractivity contribution is 0.197. The Morgan fingerprint density at radius 3 is 2.63 bits per heavy atom. The smallest absolute Gasteiger partial charge is 0.0608 e. The van der Waals surface area contributed by atoms with E-state index in [1.54, 1.807) is 0 Å². The molecule has 0 radical (unpaired) electrons. The van der Waals surface area contributed by atoms with Crippen LogP contribution < -0.4 is 10.6 Å². The number of anilines is 1. The Balaban J connectivity index is 2.42. The largest absolute Gasteiger partial charge is 0.394 e. The van der Waals surface area contributed by atoms with Gasteiger partial charge in [0.25, 0.3) is 0 Å². The molecule has 0 aliphatic rings. The summed E-state index contributed by atoms with van der Waals surface area (Å²) in [6.45, 7) is 8.33. The molecule has 3 heteroatoms. The first-order valence-corrected chi connectivity index (χ1v) is 7.20. The van der Waals surface area contributed by atoms with Gasteiger partial charge in [0.1, 0.15) is 0 Å². The van der Waals surface area contributed by atoms with Crippen LogP contribution in [-0.2, 0) is 0 Å². The first-order chi connectivity index (χ1) is 8.98. The Bertz CT molecular complexity index is 377. The SMILES string of the molecule is CCN(CCCCC(C)(N)CO)c1cccc(C)c1. The third-order valence-corrected chi connectivity index (χ3v) is 3.54. The number of aliphatic hydroxyl groups excluding tert-OH is 1. The number of aliphatic hydroxyl groups is 1. The van der Waals surface area contributed by atoms with Crippen molar-refractivity contribution in [3.05, 3.63) is 29.8 Å². The molecule has 1 unspecified atom stereocenters. The highest BCUT2D eigenvalue weighted by Gasteiger charge is 2.16. The van der Waals surface area contributed by atoms with Crippen molar-refractivity contribution < 1.29 is 5.11 Å². The third-order valence-electron chi connectivity index (χ3n) is 3.54. The van der Waals surface area contributed by atoms with Crippen LogP contribution in [0.25, 0.3) is 0 Å². The fourth-order valence-electron chi connectivity index (χ4n) is 2.21. The number of aryl methyl sites for hydroxylation is 1. The summed E-state index contributed by atoms with van der Waals surface area (Å²) in [5.41, 5.74) is 8.09. The molecule has 1 rings (SSSR count). The van der Waals surface area contributed by atoms with Crippen molar-refractivity contribution >= 4 is 5.69 Å². The van der Waals surface area contributed by atoms with Crippen LogP contribution in [0.4, 0.5) is 5.69 Å². The van der Waals surface area contributed by atoms with E-state index in [4.69, 9.17) is 10.8 Å². The summed E-state index contributed by atoms with van der Waals surface area (Å²) in [6, 6.07) is 8.62. The van der Waals surface area contributed by atoms with Crippen LogP contribution in [0.3, 0.4) is 0 Å². The maximum Gasteiger partial charge on any atom is 0.0608 e. The molecule has 0 fully saturated rings. The molecule has 0 amide bonds. The Labute approximate surface area is 117 Å². The standard InChI is InChI=1S/C16H28N2O/c1-4-18(15-9-7-8-14(2)12-15)11-6-5-10-16(3,17)13-19/h7-9,12,19H,4-6,10-11,13,17H2,1-3H3. The van der Waals surface area contributed by atoms with Gasteiger partial charge in [-0.2, -0.15) is 0 Å². The molecule has 3 N–H and O–H groups in total. The first kappa shape index (κ1) is 16.0. The van der Waals surface area contributed by atoms with E-state index < -0.39 is 5.54 Å². The molecule has 19 heavy (non-hydrogen) atoms. The van der Waals surface area contributed by atoms with E-state index in [2.05, 4.69) is 43.0 Å². The molecular formula is C16H28N2O. The van der Waals surface area contributed by atoms with Gasteiger partial charge >= 0.3 is 0 Å². The number of nitrogens with zero attached hydrogens (tertiary/aromatic N) is 1. The second-order valence-corrected chi connectivity index (χ2v) is 5.69. The van der Waals surface area contributed by atoms with Gasteiger partial charge in [0.05, 0.1) is 6.61 Å². The molecule has 0 bridgehead atoms. The number of hydrogen-bond donors (Lipinski definition) is 2. The minimum Gasteiger partial charge on any atom is -0.394 e. The molecule has 0 saturated heterocycles. The van der Waals surface area contributed by atoms with Gasteiger partial charge in [-0.3, -0.25) is 0 Å². The predicted molar refractivity (Wildman–Crippen MR) is 82.6 cm³/mol. The lowest BCUT2D eigenvalue weighted by atomic mass is 9.97. The van der Waals surface area contributed by atoms with E-state index in [9.17, 15) is 0 Å². The highest BCUT2D eigenvalue weighted by molar-refractivity contribution is 5.48. The summed E-state index contributed by atoms with van der Waals surface area (Å²) in [5.74, 6) is 0. The van der Waals surface area contributed by atoms with Gasteiger partial charge in [-0.05, 0) is 57.7 Å². The van der Waals surface area contributed by atoms with Crippen molar-refractivity contribution in [3.8, 4) is 0 Å². The molecule has 0 heterocycles. The topological polar surface area (TPSA) is 49.5 Å². The normalized spacial score (nSPS) is 14.2. The summed E-state index contributed by atoms with van der Waals surface area (Å²) in [7, 11) is 0. The van der Waals surface area contributed by atoms with Crippen LogP contribution in [0.1, 0.15) is 38.7 Å². The molecule has 0 saturated carbocycles. The van der Waals surface area contributed by atoms with Crippen LogP contribution in [0, 0.1) is 6.92 Å². The van der Waals surface area contributed by atoms with E-state index in [-0.39, 0.29) is 6.61 Å². The van der Waals surface area contributed by atoms with Crippen molar-refractivity contribution in [2.75, 3.05) is 24.6 Å². The zero-order valence-corrected chi connectivity index (χ0v) is 12.5. The number of unbranched alkanes of at least 4 members (excludes halogenated alkanes) is 1. The molecule has 0 aliphatic heterocycles. The van der Waals surface area contributed by atoms with Crippen LogP contribution in [0.5, 0.6) is 0 Å². The zero-order valence-electron chi connectivity index (χ0n) is 12.5. The highest BCUT2D eigenvalue weighted by atomic mass is 16.3. The predicted octanol–water partition coefficient (Wildman–Crippen LogP) is 2.70. The monoisotopic (exact) mass is 264 g/mol. The molecule has 1 aromatic rings. The minimum absolute atomic E-state index is 0.0579. The maximum absolute atomic E-state index is 9.12. The van der Waals surface area contributed by atoms with Gasteiger partial charge in [-0.25, -0.2) is 0 Å². The summed E-state index contributed by atoms with van der Waals surface area (Å²) in [4.78, 5) is 2.39. The average molecular weight is 264 g/mol. The first-order valence-electron chi connectivity index (χ1n) is 7.20. The van der Waals surface area contributed by atoms with Gasteiger partial charge in [-0.1, -0.05) is 12.1 Å². The van der Waals surface area contributed by atoms with Crippen LogP contribution in [-0.4, -0.2) is 30.3 Å². The number of hydrogen-bond acceptors (Lipinski definition) is 3. The van der Waals surface area contributed by atoms with Crippen molar-refractivity contribution in [2.24, 2.45) is 5.73 Å². The van der Waals surface area contributed by atoms with E-state index in [1.165, 1.54) is 11.3 Å². The highest BCUT2D eigenvalue weighted by Crippen LogP contribution is 2.17. The second-order valence-electron chi connectivity index (χ2n) is 5.69. The Kier molecular flexibility index (Phi) is 6.32. The quantitative estimate of drug-likeness (QED) is 0.710. The fraction of sp³-hybridized carbons (Fsp3) is 0.625. The summed E-state index contributed by atoms with van der Waals surface area (Å²) in [6.07, 6.45) is 3.03. The molecule has 0 spiro atoms. The van der Waals surface area contributed by atoms with Gasteiger partial charge in [0, 0.05) is 24.3 Å². The molecule has 3 nitrogen and oxygen atoms in total. The molecular weight excluding hydrogens is 236 g/mol. The summed E-state index contributed by atoms with van der Waals surface area (Å²) in [5, 5.41) is 9.12. The van der Waals surface area contributed by atoms with Gasteiger partial charge in [0.15, 0.2) is 0 Å². The van der Waals surface area contributed by atoms with E-state index >= 15 is 0 Å². The Morgan fingerprint density at radius 2 is 2.05 bits per heavy atom. The lowest BCUT2D eigenvalue weighted by Crippen LogP contribution is -2.40. The molecule has 108 valence electrons. The van der Waals surface area contributed by atoms with Gasteiger partial charge in [-0.15, -0.1) is 0 Å². The van der Waals surface area contributed by atoms with Crippen molar-refractivity contribution in [3.63, 3.8) is 0 Å². The van der Waals surface area contributed by atoms with Gasteiger partial charge in [0.2, 0.25) is 0 Å². The van der Waals surface area contributed by atoms with E-state index in [0.717, 1.165) is 32.4 Å². The van der Waals surface area contributed by atoms with Crippen molar-refractivity contribution in [1.82, 2.24) is 0 Å². The van der Waals surface area contributed by atoms with Crippen molar-refractivity contribution in [2.45, 2.75) is 45.6 Å². The Morgan fingerprint density at radius 1 is 1.32 bits per heavy atom. The second kappa shape index (κ2) is 7.51. The minimum atomic E-state index is -0.430. The number of rotatable bonds is 8.